The number of ketones is 1. The average Bonchev–Trinajstić information content (AvgIpc) is 2.87. The number of aromatic nitrogens is 2. The van der Waals surface area contributed by atoms with E-state index >= 15 is 0 Å². The highest BCUT2D eigenvalue weighted by Gasteiger charge is 2.13. The summed E-state index contributed by atoms with van der Waals surface area (Å²) in [6.45, 7) is 0. The first-order valence-electron chi connectivity index (χ1n) is 5.47. The number of benzene rings is 1. The Labute approximate surface area is 109 Å². The van der Waals surface area contributed by atoms with Crippen molar-refractivity contribution in [1.29, 1.82) is 0 Å². The molecular formula is C14H9ClN2O. The van der Waals surface area contributed by atoms with Crippen LogP contribution in [0.2, 0.25) is 5.02 Å². The fourth-order valence-corrected chi connectivity index (χ4v) is 2.01. The lowest BCUT2D eigenvalue weighted by Crippen LogP contribution is -2.03. The molecule has 2 aromatic heterocycles. The van der Waals surface area contributed by atoms with Crippen molar-refractivity contribution in [3.05, 3.63) is 71.1 Å². The Bertz CT molecular complexity index is 716. The molecule has 0 radical (unpaired) electrons. The molecule has 0 aliphatic heterocycles. The maximum absolute atomic E-state index is 12.4. The molecule has 18 heavy (non-hydrogen) atoms. The lowest BCUT2D eigenvalue weighted by atomic mass is 10.0. The third-order valence-corrected chi connectivity index (χ3v) is 3.02. The number of fused-ring (bicyclic) bond motifs is 1. The van der Waals surface area contributed by atoms with Crippen LogP contribution in [0.15, 0.2) is 55.0 Å². The van der Waals surface area contributed by atoms with Crippen LogP contribution in [-0.4, -0.2) is 15.2 Å². The van der Waals surface area contributed by atoms with Crippen LogP contribution in [0.3, 0.4) is 0 Å². The van der Waals surface area contributed by atoms with Gasteiger partial charge in [-0.2, -0.15) is 0 Å². The Kier molecular flexibility index (Phi) is 2.61. The number of carbonyl (C=O) groups is 1. The zero-order valence-electron chi connectivity index (χ0n) is 9.38. The van der Waals surface area contributed by atoms with Crippen LogP contribution in [0.4, 0.5) is 0 Å². The van der Waals surface area contributed by atoms with Crippen LogP contribution in [0.25, 0.3) is 5.65 Å². The van der Waals surface area contributed by atoms with E-state index < -0.39 is 0 Å². The molecule has 1 aromatic carbocycles. The molecule has 0 saturated carbocycles. The molecule has 0 aliphatic rings. The molecule has 0 fully saturated rings. The van der Waals surface area contributed by atoms with Crippen molar-refractivity contribution in [1.82, 2.24) is 9.38 Å². The fraction of sp³-hybridized carbons (Fsp3) is 0. The van der Waals surface area contributed by atoms with Gasteiger partial charge >= 0.3 is 0 Å². The number of carbonyl (C=O) groups excluding carboxylic acids is 1. The van der Waals surface area contributed by atoms with Crippen molar-refractivity contribution >= 4 is 23.0 Å². The smallest absolute Gasteiger partial charge is 0.196 e. The molecule has 0 atom stereocenters. The molecule has 0 amide bonds. The van der Waals surface area contributed by atoms with E-state index in [1.165, 1.54) is 0 Å². The van der Waals surface area contributed by atoms with E-state index in [1.807, 2.05) is 22.9 Å². The summed E-state index contributed by atoms with van der Waals surface area (Å²) in [4.78, 5) is 16.6. The van der Waals surface area contributed by atoms with E-state index in [4.69, 9.17) is 11.6 Å². The second-order valence-corrected chi connectivity index (χ2v) is 4.35. The maximum atomic E-state index is 12.4. The van der Waals surface area contributed by atoms with E-state index in [9.17, 15) is 4.79 Å². The zero-order valence-corrected chi connectivity index (χ0v) is 10.1. The molecule has 88 valence electrons. The van der Waals surface area contributed by atoms with Crippen LogP contribution in [0.1, 0.15) is 15.9 Å². The van der Waals surface area contributed by atoms with E-state index in [0.29, 0.717) is 21.8 Å². The quantitative estimate of drug-likeness (QED) is 0.660. The standard InChI is InChI=1S/C14H9ClN2O/c15-11-5-3-10(4-6-11)13(18)12-2-1-8-17-9-7-16-14(12)17/h1-9H. The van der Waals surface area contributed by atoms with Crippen molar-refractivity contribution in [3.8, 4) is 0 Å². The molecule has 0 aliphatic carbocycles. The number of pyridine rings is 1. The molecule has 4 heteroatoms. The minimum atomic E-state index is -0.0523. The lowest BCUT2D eigenvalue weighted by Gasteiger charge is -2.03. The normalized spacial score (nSPS) is 10.7. The first-order valence-corrected chi connectivity index (χ1v) is 5.85. The molecule has 0 unspecified atom stereocenters. The van der Waals surface area contributed by atoms with Gasteiger partial charge in [0.1, 0.15) is 5.65 Å². The van der Waals surface area contributed by atoms with Crippen LogP contribution < -0.4 is 0 Å². The molecule has 2 heterocycles. The van der Waals surface area contributed by atoms with Gasteiger partial charge < -0.3 is 4.40 Å². The number of nitrogens with zero attached hydrogens (tertiary/aromatic N) is 2. The van der Waals surface area contributed by atoms with Gasteiger partial charge in [-0.1, -0.05) is 11.6 Å². The number of imidazole rings is 1. The Morgan fingerprint density at radius 2 is 1.89 bits per heavy atom. The topological polar surface area (TPSA) is 34.4 Å². The van der Waals surface area contributed by atoms with Gasteiger partial charge in [-0.05, 0) is 36.4 Å². The Morgan fingerprint density at radius 1 is 1.11 bits per heavy atom. The molecular weight excluding hydrogens is 248 g/mol. The Morgan fingerprint density at radius 3 is 2.67 bits per heavy atom. The van der Waals surface area contributed by atoms with Gasteiger partial charge in [0.25, 0.3) is 0 Å². The van der Waals surface area contributed by atoms with E-state index in [0.717, 1.165) is 0 Å². The highest BCUT2D eigenvalue weighted by atomic mass is 35.5. The summed E-state index contributed by atoms with van der Waals surface area (Å²) in [5.74, 6) is -0.0523. The van der Waals surface area contributed by atoms with E-state index in [2.05, 4.69) is 4.98 Å². The van der Waals surface area contributed by atoms with E-state index in [-0.39, 0.29) is 5.78 Å². The first kappa shape index (κ1) is 11.0. The summed E-state index contributed by atoms with van der Waals surface area (Å²) in [5, 5.41) is 0.616. The van der Waals surface area contributed by atoms with Gasteiger partial charge in [-0.15, -0.1) is 0 Å². The molecule has 0 spiro atoms. The number of hydrogen-bond acceptors (Lipinski definition) is 2. The lowest BCUT2D eigenvalue weighted by molar-refractivity contribution is 0.104. The Hall–Kier alpha value is -2.13. The summed E-state index contributed by atoms with van der Waals surface area (Å²) in [5.41, 5.74) is 1.86. The van der Waals surface area contributed by atoms with Gasteiger partial charge in [0, 0.05) is 29.2 Å². The van der Waals surface area contributed by atoms with Gasteiger partial charge in [0.2, 0.25) is 0 Å². The van der Waals surface area contributed by atoms with Crippen molar-refractivity contribution in [2.75, 3.05) is 0 Å². The summed E-state index contributed by atoms with van der Waals surface area (Å²) in [6.07, 6.45) is 5.35. The highest BCUT2D eigenvalue weighted by Crippen LogP contribution is 2.16. The predicted molar refractivity (Wildman–Crippen MR) is 70.1 cm³/mol. The van der Waals surface area contributed by atoms with Crippen LogP contribution in [0.5, 0.6) is 0 Å². The third kappa shape index (κ3) is 1.79. The first-order chi connectivity index (χ1) is 8.75. The summed E-state index contributed by atoms with van der Waals surface area (Å²) in [6, 6.07) is 10.5. The number of hydrogen-bond donors (Lipinski definition) is 0. The average molecular weight is 257 g/mol. The molecule has 0 N–H and O–H groups in total. The van der Waals surface area contributed by atoms with Gasteiger partial charge in [-0.3, -0.25) is 4.79 Å². The fourth-order valence-electron chi connectivity index (χ4n) is 1.88. The van der Waals surface area contributed by atoms with Crippen molar-refractivity contribution in [3.63, 3.8) is 0 Å². The van der Waals surface area contributed by atoms with Gasteiger partial charge in [0.15, 0.2) is 5.78 Å². The summed E-state index contributed by atoms with van der Waals surface area (Å²) < 4.78 is 1.82. The summed E-state index contributed by atoms with van der Waals surface area (Å²) in [7, 11) is 0. The Balaban J connectivity index is 2.12. The maximum Gasteiger partial charge on any atom is 0.196 e. The van der Waals surface area contributed by atoms with Crippen molar-refractivity contribution in [2.24, 2.45) is 0 Å². The molecule has 3 aromatic rings. The molecule has 3 nitrogen and oxygen atoms in total. The van der Waals surface area contributed by atoms with Crippen molar-refractivity contribution < 1.29 is 4.79 Å². The second-order valence-electron chi connectivity index (χ2n) is 3.92. The number of halogens is 1. The van der Waals surface area contributed by atoms with Crippen molar-refractivity contribution in [2.45, 2.75) is 0 Å². The van der Waals surface area contributed by atoms with Gasteiger partial charge in [0.05, 0.1) is 5.56 Å². The second kappa shape index (κ2) is 4.27. The minimum Gasteiger partial charge on any atom is -0.307 e. The largest absolute Gasteiger partial charge is 0.307 e. The molecule has 0 bridgehead atoms. The third-order valence-electron chi connectivity index (χ3n) is 2.77. The highest BCUT2D eigenvalue weighted by molar-refractivity contribution is 6.30. The monoisotopic (exact) mass is 256 g/mol. The van der Waals surface area contributed by atoms with E-state index in [1.54, 1.807) is 36.5 Å². The summed E-state index contributed by atoms with van der Waals surface area (Å²) >= 11 is 5.81. The zero-order chi connectivity index (χ0) is 12.5. The SMILES string of the molecule is O=C(c1ccc(Cl)cc1)c1cccn2ccnc12. The predicted octanol–water partition coefficient (Wildman–Crippen LogP) is 3.22. The minimum absolute atomic E-state index is 0.0523. The molecule has 0 saturated heterocycles. The van der Waals surface area contributed by atoms with Crippen LogP contribution >= 0.6 is 11.6 Å². The molecule has 3 rings (SSSR count). The van der Waals surface area contributed by atoms with Gasteiger partial charge in [-0.25, -0.2) is 4.98 Å². The van der Waals surface area contributed by atoms with Crippen LogP contribution in [0, 0.1) is 0 Å². The number of rotatable bonds is 2. The van der Waals surface area contributed by atoms with Crippen LogP contribution in [-0.2, 0) is 0 Å².